The minimum atomic E-state index is -0.526. The highest BCUT2D eigenvalue weighted by atomic mass is 35.5. The Balaban J connectivity index is 0.00000162. The predicted molar refractivity (Wildman–Crippen MR) is 71.0 cm³/mol. The molecule has 0 amide bonds. The van der Waals surface area contributed by atoms with E-state index in [4.69, 9.17) is 11.5 Å². The number of nitrogens with two attached hydrogens (primary N) is 2. The first-order valence-electron chi connectivity index (χ1n) is 5.47. The fourth-order valence-corrected chi connectivity index (χ4v) is 2.04. The monoisotopic (exact) mass is 266 g/mol. The van der Waals surface area contributed by atoms with Crippen LogP contribution in [0.2, 0.25) is 0 Å². The van der Waals surface area contributed by atoms with Gasteiger partial charge in [-0.1, -0.05) is 18.2 Å². The molecule has 0 saturated carbocycles. The third kappa shape index (κ3) is 2.41. The van der Waals surface area contributed by atoms with E-state index in [-0.39, 0.29) is 18.4 Å². The van der Waals surface area contributed by atoms with Gasteiger partial charge in [0, 0.05) is 5.69 Å². The summed E-state index contributed by atoms with van der Waals surface area (Å²) in [4.78, 5) is 10.2. The average molecular weight is 267 g/mol. The SMILES string of the molecule is Cc1ccccc1N1C(N)=NC(N)=NC1(C)C.[Cl-]. The van der Waals surface area contributed by atoms with Gasteiger partial charge in [-0.05, 0) is 32.4 Å². The number of hydrogen-bond donors (Lipinski definition) is 2. The minimum Gasteiger partial charge on any atom is -1.00 e. The second-order valence-electron chi connectivity index (χ2n) is 4.56. The highest BCUT2D eigenvalue weighted by Crippen LogP contribution is 2.29. The topological polar surface area (TPSA) is 80.0 Å². The minimum absolute atomic E-state index is 0. The molecule has 0 radical (unpaired) electrons. The van der Waals surface area contributed by atoms with Crippen molar-refractivity contribution in [1.29, 1.82) is 0 Å². The normalized spacial score (nSPS) is 17.6. The Morgan fingerprint density at radius 3 is 2.33 bits per heavy atom. The Kier molecular flexibility index (Phi) is 3.86. The van der Waals surface area contributed by atoms with E-state index in [1.54, 1.807) is 0 Å². The lowest BCUT2D eigenvalue weighted by molar-refractivity contribution is -0.00000451. The van der Waals surface area contributed by atoms with Crippen molar-refractivity contribution in [3.8, 4) is 0 Å². The Labute approximate surface area is 113 Å². The number of anilines is 1. The highest BCUT2D eigenvalue weighted by Gasteiger charge is 2.33. The number of rotatable bonds is 1. The van der Waals surface area contributed by atoms with Gasteiger partial charge in [0.15, 0.2) is 0 Å². The number of hydrogen-bond acceptors (Lipinski definition) is 5. The smallest absolute Gasteiger partial charge is 0.220 e. The summed E-state index contributed by atoms with van der Waals surface area (Å²) < 4.78 is 0. The van der Waals surface area contributed by atoms with Gasteiger partial charge in [0.1, 0.15) is 5.66 Å². The molecule has 1 aliphatic heterocycles. The molecular formula is C12H17ClN5-. The van der Waals surface area contributed by atoms with E-state index in [9.17, 15) is 0 Å². The molecule has 4 N–H and O–H groups in total. The molecule has 0 aliphatic carbocycles. The van der Waals surface area contributed by atoms with Crippen LogP contribution in [0.4, 0.5) is 5.69 Å². The molecule has 0 aromatic heterocycles. The second-order valence-corrected chi connectivity index (χ2v) is 4.56. The summed E-state index contributed by atoms with van der Waals surface area (Å²) in [6.07, 6.45) is 0. The third-order valence-electron chi connectivity index (χ3n) is 2.75. The first kappa shape index (κ1) is 14.3. The van der Waals surface area contributed by atoms with Gasteiger partial charge in [-0.3, -0.25) is 4.90 Å². The maximum atomic E-state index is 5.96. The molecule has 0 saturated heterocycles. The van der Waals surface area contributed by atoms with E-state index < -0.39 is 5.66 Å². The summed E-state index contributed by atoms with van der Waals surface area (Å²) >= 11 is 0. The van der Waals surface area contributed by atoms with E-state index in [1.165, 1.54) is 0 Å². The summed E-state index contributed by atoms with van der Waals surface area (Å²) in [5.74, 6) is 0.592. The molecule has 1 aliphatic rings. The van der Waals surface area contributed by atoms with Crippen LogP contribution in [-0.4, -0.2) is 17.6 Å². The van der Waals surface area contributed by atoms with E-state index in [1.807, 2.05) is 49.9 Å². The molecule has 1 aromatic carbocycles. The van der Waals surface area contributed by atoms with Gasteiger partial charge in [0.05, 0.1) is 0 Å². The molecular weight excluding hydrogens is 250 g/mol. The van der Waals surface area contributed by atoms with Crippen molar-refractivity contribution in [1.82, 2.24) is 0 Å². The average Bonchev–Trinajstić information content (AvgIpc) is 2.18. The molecule has 6 heteroatoms. The van der Waals surface area contributed by atoms with Crippen molar-refractivity contribution in [2.45, 2.75) is 26.4 Å². The van der Waals surface area contributed by atoms with Crippen LogP contribution < -0.4 is 28.8 Å². The summed E-state index contributed by atoms with van der Waals surface area (Å²) in [5.41, 5.74) is 13.2. The van der Waals surface area contributed by atoms with E-state index in [0.717, 1.165) is 11.3 Å². The van der Waals surface area contributed by atoms with Gasteiger partial charge in [-0.2, -0.15) is 4.99 Å². The van der Waals surface area contributed by atoms with Crippen LogP contribution in [0.3, 0.4) is 0 Å². The van der Waals surface area contributed by atoms with Crippen molar-refractivity contribution < 1.29 is 12.4 Å². The fourth-order valence-electron chi connectivity index (χ4n) is 2.04. The van der Waals surface area contributed by atoms with Gasteiger partial charge < -0.3 is 23.9 Å². The molecule has 18 heavy (non-hydrogen) atoms. The molecule has 1 aromatic rings. The van der Waals surface area contributed by atoms with Crippen LogP contribution in [0.1, 0.15) is 19.4 Å². The Morgan fingerprint density at radius 2 is 1.78 bits per heavy atom. The molecule has 5 nitrogen and oxygen atoms in total. The Morgan fingerprint density at radius 1 is 1.17 bits per heavy atom. The van der Waals surface area contributed by atoms with Gasteiger partial charge >= 0.3 is 0 Å². The zero-order valence-electron chi connectivity index (χ0n) is 10.7. The first-order chi connectivity index (χ1) is 7.92. The summed E-state index contributed by atoms with van der Waals surface area (Å²) in [5, 5.41) is 0. The van der Waals surface area contributed by atoms with Crippen LogP contribution in [0.5, 0.6) is 0 Å². The number of aryl methyl sites for hydroxylation is 1. The summed E-state index contributed by atoms with van der Waals surface area (Å²) in [6.45, 7) is 5.93. The quantitative estimate of drug-likeness (QED) is 0.629. The van der Waals surface area contributed by atoms with Crippen LogP contribution in [0.25, 0.3) is 0 Å². The number of benzene rings is 1. The van der Waals surface area contributed by atoms with Crippen molar-refractivity contribution >= 4 is 17.6 Å². The molecule has 0 spiro atoms. The van der Waals surface area contributed by atoms with Crippen molar-refractivity contribution in [3.63, 3.8) is 0 Å². The number of guanidine groups is 2. The number of nitrogens with zero attached hydrogens (tertiary/aromatic N) is 3. The predicted octanol–water partition coefficient (Wildman–Crippen LogP) is -1.82. The first-order valence-corrected chi connectivity index (χ1v) is 5.47. The molecule has 0 fully saturated rings. The van der Waals surface area contributed by atoms with Gasteiger partial charge in [0.2, 0.25) is 11.9 Å². The van der Waals surface area contributed by atoms with Crippen LogP contribution in [-0.2, 0) is 0 Å². The zero-order valence-corrected chi connectivity index (χ0v) is 11.4. The second kappa shape index (κ2) is 4.86. The van der Waals surface area contributed by atoms with Gasteiger partial charge in [-0.15, -0.1) is 0 Å². The van der Waals surface area contributed by atoms with Crippen LogP contribution in [0, 0.1) is 6.92 Å². The summed E-state index contributed by atoms with van der Waals surface area (Å²) in [7, 11) is 0. The standard InChI is InChI=1S/C12H17N5.ClH/c1-8-6-4-5-7-9(8)17-11(14)15-10(13)16-12(17,2)3;/h4-7H,1-3H3,(H4,13,14,15,16);1H/p-1. The van der Waals surface area contributed by atoms with E-state index >= 15 is 0 Å². The molecule has 0 unspecified atom stereocenters. The number of aliphatic imine (C=N–C) groups is 2. The maximum Gasteiger partial charge on any atom is 0.220 e. The molecule has 0 atom stereocenters. The molecule has 1 heterocycles. The fraction of sp³-hybridized carbons (Fsp3) is 0.333. The third-order valence-corrected chi connectivity index (χ3v) is 2.75. The van der Waals surface area contributed by atoms with Crippen molar-refractivity contribution in [2.24, 2.45) is 21.5 Å². The van der Waals surface area contributed by atoms with Gasteiger partial charge in [-0.25, -0.2) is 4.99 Å². The number of halogens is 1. The van der Waals surface area contributed by atoms with Crippen molar-refractivity contribution in [2.75, 3.05) is 4.90 Å². The highest BCUT2D eigenvalue weighted by molar-refractivity contribution is 6.05. The lowest BCUT2D eigenvalue weighted by atomic mass is 10.1. The lowest BCUT2D eigenvalue weighted by Crippen LogP contribution is -3.00. The van der Waals surface area contributed by atoms with Gasteiger partial charge in [0.25, 0.3) is 0 Å². The summed E-state index contributed by atoms with van der Waals surface area (Å²) in [6, 6.07) is 7.98. The molecule has 0 bridgehead atoms. The van der Waals surface area contributed by atoms with Crippen LogP contribution >= 0.6 is 0 Å². The number of para-hydroxylation sites is 1. The Hall–Kier alpha value is -1.75. The lowest BCUT2D eigenvalue weighted by Gasteiger charge is -2.39. The van der Waals surface area contributed by atoms with Crippen LogP contribution in [0.15, 0.2) is 34.3 Å². The molecule has 98 valence electrons. The molecule has 2 rings (SSSR count). The largest absolute Gasteiger partial charge is 1.00 e. The Bertz CT molecular complexity index is 507. The van der Waals surface area contributed by atoms with Crippen molar-refractivity contribution in [3.05, 3.63) is 29.8 Å². The maximum absolute atomic E-state index is 5.96. The van der Waals surface area contributed by atoms with E-state index in [2.05, 4.69) is 9.98 Å². The van der Waals surface area contributed by atoms with E-state index in [0.29, 0.717) is 5.96 Å². The zero-order chi connectivity index (χ0) is 12.6.